The molecule has 0 unspecified atom stereocenters. The summed E-state index contributed by atoms with van der Waals surface area (Å²) in [4.78, 5) is 12.0. The molecule has 0 saturated heterocycles. The molecule has 17 heavy (non-hydrogen) atoms. The number of carbonyl (C=O) groups excluding carboxylic acids is 1. The van der Waals surface area contributed by atoms with Crippen LogP contribution < -0.4 is 0 Å². The molecule has 1 rings (SSSR count). The SMILES string of the molecule is Cc1cccc([C@H](C)C(=O)C=S(C)(C)=O)c1C. The van der Waals surface area contributed by atoms with E-state index in [2.05, 4.69) is 0 Å². The second-order valence-corrected chi connectivity index (χ2v) is 7.69. The maximum atomic E-state index is 12.0. The van der Waals surface area contributed by atoms with Crippen molar-refractivity contribution in [1.29, 1.82) is 0 Å². The highest BCUT2D eigenvalue weighted by atomic mass is 32.2. The second kappa shape index (κ2) is 5.05. The van der Waals surface area contributed by atoms with Gasteiger partial charge in [-0.1, -0.05) is 25.1 Å². The van der Waals surface area contributed by atoms with Crippen LogP contribution in [0.15, 0.2) is 18.2 Å². The highest BCUT2D eigenvalue weighted by Gasteiger charge is 2.16. The number of Topliss-reactive ketones (excluding diaryl/α,β-unsaturated/α-hetero) is 1. The third-order valence-electron chi connectivity index (χ3n) is 2.94. The largest absolute Gasteiger partial charge is 0.294 e. The Kier molecular flexibility index (Phi) is 4.15. The summed E-state index contributed by atoms with van der Waals surface area (Å²) in [7, 11) is -2.12. The average Bonchev–Trinajstić information content (AvgIpc) is 2.18. The highest BCUT2D eigenvalue weighted by molar-refractivity contribution is 8.01. The van der Waals surface area contributed by atoms with E-state index in [1.807, 2.05) is 39.0 Å². The van der Waals surface area contributed by atoms with E-state index < -0.39 is 9.52 Å². The summed E-state index contributed by atoms with van der Waals surface area (Å²) in [5.74, 6) is -0.288. The van der Waals surface area contributed by atoms with Crippen LogP contribution in [0.5, 0.6) is 0 Å². The van der Waals surface area contributed by atoms with Crippen molar-refractivity contribution in [2.24, 2.45) is 0 Å². The van der Waals surface area contributed by atoms with Gasteiger partial charge in [0, 0.05) is 23.8 Å². The molecule has 0 aliphatic heterocycles. The molecule has 0 aromatic heterocycles. The summed E-state index contributed by atoms with van der Waals surface area (Å²) in [6.07, 6.45) is 3.17. The molecular formula is C14H20O2S. The topological polar surface area (TPSA) is 34.1 Å². The molecule has 0 N–H and O–H groups in total. The predicted octanol–water partition coefficient (Wildman–Crippen LogP) is 2.32. The van der Waals surface area contributed by atoms with E-state index in [0.29, 0.717) is 0 Å². The van der Waals surface area contributed by atoms with E-state index in [0.717, 1.165) is 11.1 Å². The summed E-state index contributed by atoms with van der Waals surface area (Å²) in [5, 5.41) is 1.36. The van der Waals surface area contributed by atoms with Crippen LogP contribution in [0.4, 0.5) is 0 Å². The zero-order chi connectivity index (χ0) is 13.2. The van der Waals surface area contributed by atoms with E-state index in [4.69, 9.17) is 0 Å². The lowest BCUT2D eigenvalue weighted by Crippen LogP contribution is -2.16. The molecule has 0 bridgehead atoms. The first-order chi connectivity index (χ1) is 7.72. The summed E-state index contributed by atoms with van der Waals surface area (Å²) >= 11 is 0. The van der Waals surface area contributed by atoms with Gasteiger partial charge in [-0.15, -0.1) is 0 Å². The maximum Gasteiger partial charge on any atom is 0.170 e. The van der Waals surface area contributed by atoms with Gasteiger partial charge in [-0.25, -0.2) is 0 Å². The van der Waals surface area contributed by atoms with Crippen LogP contribution in [0.1, 0.15) is 29.5 Å². The number of rotatable bonds is 3. The second-order valence-electron chi connectivity index (χ2n) is 4.84. The van der Waals surface area contributed by atoms with Gasteiger partial charge in [0.2, 0.25) is 0 Å². The van der Waals surface area contributed by atoms with Crippen molar-refractivity contribution in [3.63, 3.8) is 0 Å². The Morgan fingerprint density at radius 1 is 1.29 bits per heavy atom. The first kappa shape index (κ1) is 14.0. The molecule has 0 heterocycles. The molecular weight excluding hydrogens is 232 g/mol. The van der Waals surface area contributed by atoms with Crippen molar-refractivity contribution in [2.45, 2.75) is 26.7 Å². The number of hydrogen-bond acceptors (Lipinski definition) is 2. The van der Waals surface area contributed by atoms with Crippen molar-refractivity contribution in [3.8, 4) is 0 Å². The van der Waals surface area contributed by atoms with Crippen LogP contribution in [0.3, 0.4) is 0 Å². The highest BCUT2D eigenvalue weighted by Crippen LogP contribution is 2.22. The Balaban J connectivity index is 3.14. The lowest BCUT2D eigenvalue weighted by Gasteiger charge is -2.13. The van der Waals surface area contributed by atoms with Crippen molar-refractivity contribution < 1.29 is 9.00 Å². The molecule has 0 saturated carbocycles. The van der Waals surface area contributed by atoms with Gasteiger partial charge in [0.05, 0.1) is 0 Å². The minimum atomic E-state index is -2.12. The van der Waals surface area contributed by atoms with E-state index >= 15 is 0 Å². The van der Waals surface area contributed by atoms with Crippen LogP contribution in [0.25, 0.3) is 0 Å². The normalized spacial score (nSPS) is 13.2. The molecule has 0 aliphatic rings. The third kappa shape index (κ3) is 3.70. The van der Waals surface area contributed by atoms with Gasteiger partial charge in [0.1, 0.15) is 0 Å². The fraction of sp³-hybridized carbons (Fsp3) is 0.429. The fourth-order valence-corrected chi connectivity index (χ4v) is 2.54. The summed E-state index contributed by atoms with van der Waals surface area (Å²) in [6.45, 7) is 5.91. The van der Waals surface area contributed by atoms with Crippen molar-refractivity contribution in [2.75, 3.05) is 12.5 Å². The van der Waals surface area contributed by atoms with Gasteiger partial charge >= 0.3 is 0 Å². The zero-order valence-electron chi connectivity index (χ0n) is 11.1. The van der Waals surface area contributed by atoms with Crippen LogP contribution in [-0.2, 0) is 14.3 Å². The summed E-state index contributed by atoms with van der Waals surface area (Å²) < 4.78 is 11.6. The molecule has 1 aromatic rings. The number of carbonyl (C=O) groups is 1. The third-order valence-corrected chi connectivity index (χ3v) is 3.74. The summed E-state index contributed by atoms with van der Waals surface area (Å²) in [5.41, 5.74) is 3.34. The van der Waals surface area contributed by atoms with Gasteiger partial charge < -0.3 is 0 Å². The van der Waals surface area contributed by atoms with Crippen molar-refractivity contribution >= 4 is 20.7 Å². The van der Waals surface area contributed by atoms with Gasteiger partial charge in [-0.2, -0.15) is 0 Å². The number of aryl methyl sites for hydroxylation is 1. The Hall–Kier alpha value is -1.09. The number of benzene rings is 1. The Labute approximate surface area is 104 Å². The van der Waals surface area contributed by atoms with Crippen molar-refractivity contribution in [3.05, 3.63) is 34.9 Å². The molecule has 0 spiro atoms. The molecule has 0 radical (unpaired) electrons. The minimum Gasteiger partial charge on any atom is -0.294 e. The van der Waals surface area contributed by atoms with Crippen LogP contribution in [0.2, 0.25) is 0 Å². The van der Waals surface area contributed by atoms with Crippen molar-refractivity contribution in [1.82, 2.24) is 0 Å². The van der Waals surface area contributed by atoms with E-state index in [1.54, 1.807) is 12.5 Å². The fourth-order valence-electron chi connectivity index (χ4n) is 1.78. The molecule has 2 nitrogen and oxygen atoms in total. The van der Waals surface area contributed by atoms with Crippen LogP contribution in [0, 0.1) is 13.8 Å². The lowest BCUT2D eigenvalue weighted by atomic mass is 9.91. The molecule has 0 aliphatic carbocycles. The van der Waals surface area contributed by atoms with Crippen LogP contribution >= 0.6 is 0 Å². The Morgan fingerprint density at radius 2 is 1.88 bits per heavy atom. The Morgan fingerprint density at radius 3 is 2.41 bits per heavy atom. The molecule has 1 aromatic carbocycles. The van der Waals surface area contributed by atoms with E-state index in [1.165, 1.54) is 10.9 Å². The van der Waals surface area contributed by atoms with Gasteiger partial charge in [-0.3, -0.25) is 9.00 Å². The Bertz CT molecular complexity index is 541. The van der Waals surface area contributed by atoms with Gasteiger partial charge in [-0.05, 0) is 40.1 Å². The first-order valence-electron chi connectivity index (χ1n) is 5.61. The minimum absolute atomic E-state index is 0.0614. The monoisotopic (exact) mass is 252 g/mol. The summed E-state index contributed by atoms with van der Waals surface area (Å²) in [6, 6.07) is 5.95. The van der Waals surface area contributed by atoms with E-state index in [-0.39, 0.29) is 11.7 Å². The van der Waals surface area contributed by atoms with Gasteiger partial charge in [0.25, 0.3) is 0 Å². The molecule has 1 atom stereocenters. The molecule has 0 amide bonds. The predicted molar refractivity (Wildman–Crippen MR) is 75.4 cm³/mol. The molecule has 0 fully saturated rings. The maximum absolute atomic E-state index is 12.0. The van der Waals surface area contributed by atoms with Gasteiger partial charge in [0.15, 0.2) is 5.78 Å². The smallest absolute Gasteiger partial charge is 0.170 e. The number of hydrogen-bond donors (Lipinski definition) is 0. The standard InChI is InChI=1S/C14H20O2S/c1-10-7-6-8-13(11(10)2)12(3)14(15)9-17(4,5)16/h6-9,12H,1-5H3/t12-/m0/s1. The number of ketones is 1. The lowest BCUT2D eigenvalue weighted by molar-refractivity contribution is -0.113. The average molecular weight is 252 g/mol. The first-order valence-corrected chi connectivity index (χ1v) is 8.05. The van der Waals surface area contributed by atoms with E-state index in [9.17, 15) is 9.00 Å². The zero-order valence-corrected chi connectivity index (χ0v) is 11.9. The van der Waals surface area contributed by atoms with Crippen LogP contribution in [-0.4, -0.2) is 27.9 Å². The quantitative estimate of drug-likeness (QED) is 0.774. The molecule has 3 heteroatoms. The molecule has 94 valence electrons.